The fourth-order valence-corrected chi connectivity index (χ4v) is 3.47. The Morgan fingerprint density at radius 3 is 1.57 bits per heavy atom. The third-order valence-corrected chi connectivity index (χ3v) is 5.31. The van der Waals surface area contributed by atoms with Crippen molar-refractivity contribution in [2.75, 3.05) is 19.8 Å². The van der Waals surface area contributed by atoms with E-state index in [0.717, 1.165) is 0 Å². The average Bonchev–Trinajstić information content (AvgIpc) is 2.72. The highest BCUT2D eigenvalue weighted by atomic mass is 16.8. The van der Waals surface area contributed by atoms with Crippen molar-refractivity contribution in [3.05, 3.63) is 0 Å². The number of hydrogen-bond acceptors (Lipinski definition) is 14. The van der Waals surface area contributed by atoms with Gasteiger partial charge < -0.3 is 69.6 Å². The van der Waals surface area contributed by atoms with Crippen molar-refractivity contribution in [2.45, 2.75) is 79.9 Å². The second-order valence-electron chi connectivity index (χ2n) is 7.44. The monoisotopic (exact) mass is 444 g/mol. The summed E-state index contributed by atoms with van der Waals surface area (Å²) in [5.74, 6) is 0. The summed E-state index contributed by atoms with van der Waals surface area (Å²) in [6.07, 6.45) is -20.4. The van der Waals surface area contributed by atoms with Crippen LogP contribution in [0.25, 0.3) is 0 Å². The predicted octanol–water partition coefficient (Wildman–Crippen LogP) is -6.29. The molecule has 0 unspecified atom stereocenters. The Balaban J connectivity index is 1.77. The van der Waals surface area contributed by atoms with Crippen LogP contribution >= 0.6 is 0 Å². The topological polar surface area (TPSA) is 228 Å². The first-order chi connectivity index (χ1) is 14.1. The van der Waals surface area contributed by atoms with Gasteiger partial charge in [0.2, 0.25) is 0 Å². The van der Waals surface area contributed by atoms with Crippen LogP contribution in [-0.2, 0) is 23.7 Å². The van der Waals surface area contributed by atoms with Crippen LogP contribution in [0.15, 0.2) is 0 Å². The highest BCUT2D eigenvalue weighted by Gasteiger charge is 2.51. The number of aliphatic hydroxyl groups excluding tert-OH is 9. The molecule has 0 radical (unpaired) electrons. The van der Waals surface area contributed by atoms with Crippen molar-refractivity contribution < 1.29 is 69.6 Å². The zero-order valence-electron chi connectivity index (χ0n) is 15.7. The average molecular weight is 444 g/mol. The van der Waals surface area contributed by atoms with E-state index < -0.39 is 99.7 Å². The lowest BCUT2D eigenvalue weighted by molar-refractivity contribution is -0.376. The van der Waals surface area contributed by atoms with Crippen LogP contribution in [0, 0.1) is 0 Å². The molecule has 3 aliphatic heterocycles. The van der Waals surface area contributed by atoms with Crippen molar-refractivity contribution in [1.29, 1.82) is 0 Å². The van der Waals surface area contributed by atoms with Crippen LogP contribution < -0.4 is 0 Å². The fourth-order valence-electron chi connectivity index (χ4n) is 3.47. The standard InChI is InChI=1S/C16H28O14/c17-1-6-9(22)12(29-15-10(23)7(20)4(18)2-26-15)13(14(25)28-6)30-16-11(24)8(21)5(19)3-27-16/h4-25H,1-3H2/t4-,5-,6-,7+,8+,9-,10-,11-,12+,13-,14-,15+,16+/m1/s1. The summed E-state index contributed by atoms with van der Waals surface area (Å²) in [6.45, 7) is -1.50. The summed E-state index contributed by atoms with van der Waals surface area (Å²) in [6, 6.07) is 0. The number of ether oxygens (including phenoxy) is 5. The van der Waals surface area contributed by atoms with Gasteiger partial charge in [-0.3, -0.25) is 0 Å². The Morgan fingerprint density at radius 2 is 1.10 bits per heavy atom. The van der Waals surface area contributed by atoms with Crippen molar-refractivity contribution in [3.8, 4) is 0 Å². The summed E-state index contributed by atoms with van der Waals surface area (Å²) < 4.78 is 26.3. The Hall–Kier alpha value is -0.560. The van der Waals surface area contributed by atoms with Gasteiger partial charge in [0.05, 0.1) is 19.8 Å². The van der Waals surface area contributed by atoms with Crippen LogP contribution in [0.4, 0.5) is 0 Å². The van der Waals surface area contributed by atoms with Gasteiger partial charge in [0, 0.05) is 0 Å². The molecule has 0 aliphatic carbocycles. The minimum absolute atomic E-state index is 0.394. The first kappa shape index (κ1) is 24.1. The second-order valence-corrected chi connectivity index (χ2v) is 7.44. The summed E-state index contributed by atoms with van der Waals surface area (Å²) in [4.78, 5) is 0. The van der Waals surface area contributed by atoms with E-state index >= 15 is 0 Å². The smallest absolute Gasteiger partial charge is 0.186 e. The molecule has 13 atom stereocenters. The molecule has 14 nitrogen and oxygen atoms in total. The van der Waals surface area contributed by atoms with Crippen LogP contribution in [-0.4, -0.2) is 146 Å². The molecule has 0 amide bonds. The van der Waals surface area contributed by atoms with Gasteiger partial charge in [-0.05, 0) is 0 Å². The SMILES string of the molecule is OC[C@H]1O[C@@H](O)[C@H](O[C@@H]2OC[C@@H](O)[C@H](O)[C@H]2O)[C@@H](O[C@@H]2OC[C@@H](O)[C@H](O)[C@H]2O)[C@@H]1O. The van der Waals surface area contributed by atoms with E-state index in [-0.39, 0.29) is 0 Å². The summed E-state index contributed by atoms with van der Waals surface area (Å²) >= 11 is 0. The fraction of sp³-hybridized carbons (Fsp3) is 1.00. The molecule has 3 heterocycles. The van der Waals surface area contributed by atoms with Crippen molar-refractivity contribution in [2.24, 2.45) is 0 Å². The number of hydrogen-bond donors (Lipinski definition) is 9. The maximum Gasteiger partial charge on any atom is 0.186 e. The van der Waals surface area contributed by atoms with E-state index in [1.165, 1.54) is 0 Å². The number of aliphatic hydroxyl groups is 9. The minimum atomic E-state index is -1.81. The van der Waals surface area contributed by atoms with E-state index in [4.69, 9.17) is 23.7 Å². The Bertz CT molecular complexity index is 552. The van der Waals surface area contributed by atoms with Crippen molar-refractivity contribution >= 4 is 0 Å². The van der Waals surface area contributed by atoms with E-state index in [9.17, 15) is 46.0 Å². The summed E-state index contributed by atoms with van der Waals surface area (Å²) in [5, 5.41) is 89.0. The first-order valence-corrected chi connectivity index (χ1v) is 9.40. The molecule has 0 aromatic carbocycles. The van der Waals surface area contributed by atoms with Gasteiger partial charge in [-0.25, -0.2) is 0 Å². The van der Waals surface area contributed by atoms with Gasteiger partial charge in [0.25, 0.3) is 0 Å². The highest BCUT2D eigenvalue weighted by Crippen LogP contribution is 2.30. The van der Waals surface area contributed by atoms with E-state index in [1.807, 2.05) is 0 Å². The van der Waals surface area contributed by atoms with E-state index in [1.54, 1.807) is 0 Å². The molecule has 3 aliphatic rings. The molecule has 3 saturated heterocycles. The van der Waals surface area contributed by atoms with Gasteiger partial charge in [-0.1, -0.05) is 0 Å². The van der Waals surface area contributed by atoms with Crippen LogP contribution in [0.5, 0.6) is 0 Å². The Kier molecular flexibility index (Phi) is 7.97. The zero-order valence-corrected chi connectivity index (χ0v) is 15.7. The van der Waals surface area contributed by atoms with Gasteiger partial charge in [-0.15, -0.1) is 0 Å². The number of rotatable bonds is 5. The maximum atomic E-state index is 10.5. The molecule has 9 N–H and O–H groups in total. The molecule has 3 fully saturated rings. The molecule has 0 aromatic rings. The van der Waals surface area contributed by atoms with E-state index in [2.05, 4.69) is 0 Å². The van der Waals surface area contributed by atoms with Crippen molar-refractivity contribution in [3.63, 3.8) is 0 Å². The quantitative estimate of drug-likeness (QED) is 0.192. The lowest BCUT2D eigenvalue weighted by Gasteiger charge is -2.46. The van der Waals surface area contributed by atoms with E-state index in [0.29, 0.717) is 0 Å². The molecule has 14 heteroatoms. The Morgan fingerprint density at radius 1 is 0.633 bits per heavy atom. The van der Waals surface area contributed by atoms with Gasteiger partial charge >= 0.3 is 0 Å². The van der Waals surface area contributed by atoms with Gasteiger partial charge in [-0.2, -0.15) is 0 Å². The molecule has 30 heavy (non-hydrogen) atoms. The normalized spacial score (nSPS) is 52.9. The second kappa shape index (κ2) is 9.93. The summed E-state index contributed by atoms with van der Waals surface area (Å²) in [5.41, 5.74) is 0. The molecule has 176 valence electrons. The molecule has 0 bridgehead atoms. The lowest BCUT2D eigenvalue weighted by Crippen LogP contribution is -2.65. The Labute approximate surface area is 170 Å². The van der Waals surface area contributed by atoms with Crippen LogP contribution in [0.2, 0.25) is 0 Å². The largest absolute Gasteiger partial charge is 0.394 e. The molecule has 0 spiro atoms. The third kappa shape index (κ3) is 4.77. The highest BCUT2D eigenvalue weighted by molar-refractivity contribution is 4.94. The molecular formula is C16H28O14. The predicted molar refractivity (Wildman–Crippen MR) is 89.2 cm³/mol. The first-order valence-electron chi connectivity index (χ1n) is 9.40. The van der Waals surface area contributed by atoms with Crippen LogP contribution in [0.3, 0.4) is 0 Å². The molecule has 0 saturated carbocycles. The van der Waals surface area contributed by atoms with Gasteiger partial charge in [0.1, 0.15) is 61.0 Å². The summed E-state index contributed by atoms with van der Waals surface area (Å²) in [7, 11) is 0. The molecule has 0 aromatic heterocycles. The lowest BCUT2D eigenvalue weighted by atomic mass is 9.97. The molecule has 3 rings (SSSR count). The third-order valence-electron chi connectivity index (χ3n) is 5.31. The van der Waals surface area contributed by atoms with Gasteiger partial charge in [0.15, 0.2) is 18.9 Å². The minimum Gasteiger partial charge on any atom is -0.394 e. The van der Waals surface area contributed by atoms with Crippen molar-refractivity contribution in [1.82, 2.24) is 0 Å². The van der Waals surface area contributed by atoms with Crippen LogP contribution in [0.1, 0.15) is 0 Å². The molecular weight excluding hydrogens is 416 g/mol. The maximum absolute atomic E-state index is 10.5. The zero-order chi connectivity index (χ0) is 22.2.